The molecule has 0 aliphatic carbocycles. The lowest BCUT2D eigenvalue weighted by atomic mass is 10.1. The highest BCUT2D eigenvalue weighted by Crippen LogP contribution is 2.37. The SMILES string of the molecule is [C-]#[N+]c1c(C(F)(F)F)cc(-c2cccs2)n(N)c1=O. The molecule has 0 atom stereocenters. The van der Waals surface area contributed by atoms with E-state index in [9.17, 15) is 18.0 Å². The third-order valence-corrected chi connectivity index (χ3v) is 3.30. The van der Waals surface area contributed by atoms with Gasteiger partial charge in [0.2, 0.25) is 0 Å². The van der Waals surface area contributed by atoms with E-state index < -0.39 is 23.0 Å². The Balaban J connectivity index is 2.84. The summed E-state index contributed by atoms with van der Waals surface area (Å²) in [5, 5.41) is 1.65. The van der Waals surface area contributed by atoms with Gasteiger partial charge >= 0.3 is 6.18 Å². The summed E-state index contributed by atoms with van der Waals surface area (Å²) in [5.41, 5.74) is -3.51. The first-order chi connectivity index (χ1) is 8.86. The Morgan fingerprint density at radius 1 is 1.42 bits per heavy atom. The molecule has 0 fully saturated rings. The van der Waals surface area contributed by atoms with Gasteiger partial charge in [-0.25, -0.2) is 9.52 Å². The van der Waals surface area contributed by atoms with E-state index in [2.05, 4.69) is 4.85 Å². The molecule has 0 bridgehead atoms. The summed E-state index contributed by atoms with van der Waals surface area (Å²) >= 11 is 1.15. The van der Waals surface area contributed by atoms with Crippen LogP contribution < -0.4 is 11.4 Å². The first-order valence-electron chi connectivity index (χ1n) is 4.90. The van der Waals surface area contributed by atoms with Crippen molar-refractivity contribution in [2.75, 3.05) is 5.84 Å². The van der Waals surface area contributed by atoms with Crippen molar-refractivity contribution in [2.45, 2.75) is 6.18 Å². The summed E-state index contributed by atoms with van der Waals surface area (Å²) in [6.07, 6.45) is -4.78. The minimum absolute atomic E-state index is 0.0697. The Bertz CT molecular complexity index is 711. The van der Waals surface area contributed by atoms with Gasteiger partial charge in [0.1, 0.15) is 0 Å². The van der Waals surface area contributed by atoms with Gasteiger partial charge in [0, 0.05) is 0 Å². The van der Waals surface area contributed by atoms with Gasteiger partial charge in [-0.05, 0) is 17.5 Å². The Kier molecular flexibility index (Phi) is 3.08. The van der Waals surface area contributed by atoms with Crippen LogP contribution in [0.3, 0.4) is 0 Å². The van der Waals surface area contributed by atoms with E-state index in [1.165, 1.54) is 0 Å². The standard InChI is InChI=1S/C11H6F3N3OS/c1-16-9-6(11(12,13)14)5-7(17(15)10(9)18)8-3-2-4-19-8/h2-5H,15H2. The molecule has 2 aromatic rings. The molecule has 0 saturated heterocycles. The van der Waals surface area contributed by atoms with Crippen molar-refractivity contribution in [1.29, 1.82) is 0 Å². The predicted octanol–water partition coefficient (Wildman–Crippen LogP) is 2.86. The number of pyridine rings is 1. The molecular weight excluding hydrogens is 279 g/mol. The maximum Gasteiger partial charge on any atom is 0.407 e. The number of nitrogens with two attached hydrogens (primary N) is 1. The topological polar surface area (TPSA) is 52.4 Å². The molecule has 0 radical (unpaired) electrons. The fourth-order valence-corrected chi connectivity index (χ4v) is 2.29. The number of alkyl halides is 3. The monoisotopic (exact) mass is 285 g/mol. The van der Waals surface area contributed by atoms with Gasteiger partial charge in [0.05, 0.1) is 22.7 Å². The zero-order valence-corrected chi connectivity index (χ0v) is 10.0. The smallest absolute Gasteiger partial charge is 0.337 e. The molecule has 19 heavy (non-hydrogen) atoms. The van der Waals surface area contributed by atoms with Crippen LogP contribution in [-0.4, -0.2) is 4.68 Å². The number of halogens is 3. The van der Waals surface area contributed by atoms with E-state index in [-0.39, 0.29) is 5.69 Å². The van der Waals surface area contributed by atoms with E-state index in [4.69, 9.17) is 12.4 Å². The summed E-state index contributed by atoms with van der Waals surface area (Å²) in [6, 6.07) is 3.89. The zero-order chi connectivity index (χ0) is 14.2. The highest BCUT2D eigenvalue weighted by atomic mass is 32.1. The maximum atomic E-state index is 12.8. The number of nitrogens with zero attached hydrogens (tertiary/aromatic N) is 2. The van der Waals surface area contributed by atoms with Crippen LogP contribution >= 0.6 is 11.3 Å². The molecule has 98 valence electrons. The van der Waals surface area contributed by atoms with Crippen molar-refractivity contribution in [3.8, 4) is 10.6 Å². The van der Waals surface area contributed by atoms with E-state index in [1.807, 2.05) is 0 Å². The fourth-order valence-electron chi connectivity index (χ4n) is 1.55. The van der Waals surface area contributed by atoms with Gasteiger partial charge in [-0.1, -0.05) is 6.07 Å². The largest absolute Gasteiger partial charge is 0.407 e. The molecule has 0 amide bonds. The molecule has 0 aromatic carbocycles. The molecule has 4 nitrogen and oxygen atoms in total. The normalized spacial score (nSPS) is 11.3. The predicted molar refractivity (Wildman–Crippen MR) is 65.4 cm³/mol. The summed E-state index contributed by atoms with van der Waals surface area (Å²) < 4.78 is 39.1. The lowest BCUT2D eigenvalue weighted by molar-refractivity contribution is -0.136. The van der Waals surface area contributed by atoms with Crippen LogP contribution in [0.25, 0.3) is 15.4 Å². The molecule has 2 rings (SSSR count). The molecule has 2 heterocycles. The fraction of sp³-hybridized carbons (Fsp3) is 0.0909. The van der Waals surface area contributed by atoms with Gasteiger partial charge in [-0.15, -0.1) is 11.3 Å². The number of hydrogen-bond acceptors (Lipinski definition) is 3. The van der Waals surface area contributed by atoms with Crippen molar-refractivity contribution >= 4 is 17.0 Å². The molecular formula is C11H6F3N3OS. The highest BCUT2D eigenvalue weighted by Gasteiger charge is 2.36. The zero-order valence-electron chi connectivity index (χ0n) is 9.23. The van der Waals surface area contributed by atoms with Crippen LogP contribution in [0.1, 0.15) is 5.56 Å². The van der Waals surface area contributed by atoms with Gasteiger partial charge in [0.15, 0.2) is 0 Å². The third kappa shape index (κ3) is 2.20. The average molecular weight is 285 g/mol. The van der Waals surface area contributed by atoms with Crippen LogP contribution in [0.5, 0.6) is 0 Å². The molecule has 0 spiro atoms. The van der Waals surface area contributed by atoms with Crippen molar-refractivity contribution in [1.82, 2.24) is 4.68 Å². The summed E-state index contributed by atoms with van der Waals surface area (Å²) in [6.45, 7) is 6.71. The Hall–Kier alpha value is -2.27. The van der Waals surface area contributed by atoms with Crippen molar-refractivity contribution in [2.24, 2.45) is 0 Å². The van der Waals surface area contributed by atoms with Crippen LogP contribution in [0.15, 0.2) is 28.4 Å². The van der Waals surface area contributed by atoms with Gasteiger partial charge in [0.25, 0.3) is 11.2 Å². The second-order valence-electron chi connectivity index (χ2n) is 3.55. The number of thiophene rings is 1. The summed E-state index contributed by atoms with van der Waals surface area (Å²) in [4.78, 5) is 14.8. The van der Waals surface area contributed by atoms with Crippen LogP contribution in [0, 0.1) is 6.57 Å². The number of rotatable bonds is 1. The highest BCUT2D eigenvalue weighted by molar-refractivity contribution is 7.13. The molecule has 0 saturated carbocycles. The third-order valence-electron chi connectivity index (χ3n) is 2.41. The van der Waals surface area contributed by atoms with Gasteiger partial charge in [-0.3, -0.25) is 4.79 Å². The van der Waals surface area contributed by atoms with E-state index in [0.29, 0.717) is 9.55 Å². The molecule has 0 aliphatic heterocycles. The van der Waals surface area contributed by atoms with Gasteiger partial charge in [-0.2, -0.15) is 13.2 Å². The number of aromatic nitrogens is 1. The minimum Gasteiger partial charge on any atom is -0.337 e. The van der Waals surface area contributed by atoms with E-state index >= 15 is 0 Å². The van der Waals surface area contributed by atoms with E-state index in [0.717, 1.165) is 17.4 Å². The van der Waals surface area contributed by atoms with Gasteiger partial charge < -0.3 is 5.84 Å². The van der Waals surface area contributed by atoms with Crippen LogP contribution in [0.2, 0.25) is 0 Å². The minimum atomic E-state index is -4.78. The Morgan fingerprint density at radius 3 is 2.58 bits per heavy atom. The maximum absolute atomic E-state index is 12.8. The lowest BCUT2D eigenvalue weighted by Crippen LogP contribution is -2.30. The molecule has 0 aliphatic rings. The second-order valence-corrected chi connectivity index (χ2v) is 4.50. The Labute approximate surface area is 109 Å². The first-order valence-corrected chi connectivity index (χ1v) is 5.78. The average Bonchev–Trinajstić information content (AvgIpc) is 2.84. The number of hydrogen-bond donors (Lipinski definition) is 1. The molecule has 8 heteroatoms. The first kappa shape index (κ1) is 13.2. The van der Waals surface area contributed by atoms with Crippen molar-refractivity contribution in [3.05, 3.63) is 50.9 Å². The molecule has 2 N–H and O–H groups in total. The molecule has 0 unspecified atom stereocenters. The van der Waals surface area contributed by atoms with Crippen molar-refractivity contribution in [3.63, 3.8) is 0 Å². The molecule has 2 aromatic heterocycles. The summed E-state index contributed by atoms with van der Waals surface area (Å²) in [7, 11) is 0. The number of nitrogen functional groups attached to an aromatic ring is 1. The van der Waals surface area contributed by atoms with Crippen molar-refractivity contribution < 1.29 is 13.2 Å². The second kappa shape index (κ2) is 4.44. The van der Waals surface area contributed by atoms with Crippen LogP contribution in [-0.2, 0) is 6.18 Å². The quantitative estimate of drug-likeness (QED) is 0.647. The Morgan fingerprint density at radius 2 is 2.11 bits per heavy atom. The van der Waals surface area contributed by atoms with E-state index in [1.54, 1.807) is 17.5 Å². The lowest BCUT2D eigenvalue weighted by Gasteiger charge is -2.13. The summed E-state index contributed by atoms with van der Waals surface area (Å²) in [5.74, 6) is 5.46. The van der Waals surface area contributed by atoms with Crippen LogP contribution in [0.4, 0.5) is 18.9 Å².